The lowest BCUT2D eigenvalue weighted by atomic mass is 9.86. The number of piperazine rings is 1. The summed E-state index contributed by atoms with van der Waals surface area (Å²) in [5.41, 5.74) is 3.99. The Morgan fingerprint density at radius 1 is 0.886 bits per heavy atom. The molecule has 0 saturated carbocycles. The molecule has 3 heterocycles. The fraction of sp³-hybridized carbons (Fsp3) is 0.259. The molecule has 1 fully saturated rings. The lowest BCUT2D eigenvalue weighted by Gasteiger charge is -2.37. The Bertz CT molecular complexity index is 1310. The quantitative estimate of drug-likeness (QED) is 0.458. The highest BCUT2D eigenvalue weighted by Gasteiger charge is 2.36. The van der Waals surface area contributed by atoms with Gasteiger partial charge >= 0.3 is 0 Å². The maximum Gasteiger partial charge on any atom is 0.234 e. The maximum absolute atomic E-state index is 13.8. The van der Waals surface area contributed by atoms with E-state index in [0.717, 1.165) is 47.2 Å². The van der Waals surface area contributed by atoms with Crippen LogP contribution in [-0.4, -0.2) is 62.1 Å². The summed E-state index contributed by atoms with van der Waals surface area (Å²) in [4.78, 5) is 18.1. The highest BCUT2D eigenvalue weighted by molar-refractivity contribution is 5.89. The van der Waals surface area contributed by atoms with E-state index in [1.807, 2.05) is 65.6 Å². The van der Waals surface area contributed by atoms with Crippen LogP contribution < -0.4 is 4.74 Å². The molecule has 0 N–H and O–H groups in total. The van der Waals surface area contributed by atoms with Gasteiger partial charge in [-0.3, -0.25) is 9.69 Å². The molecule has 8 nitrogen and oxygen atoms in total. The van der Waals surface area contributed by atoms with E-state index in [4.69, 9.17) is 4.74 Å². The summed E-state index contributed by atoms with van der Waals surface area (Å²) in [5, 5.41) is 12.3. The van der Waals surface area contributed by atoms with Crippen LogP contribution in [0.5, 0.6) is 11.5 Å². The Hall–Kier alpha value is -4.04. The Morgan fingerprint density at radius 3 is 2.17 bits per heavy atom. The summed E-state index contributed by atoms with van der Waals surface area (Å²) >= 11 is 0. The smallest absolute Gasteiger partial charge is 0.234 e. The minimum atomic E-state index is -0.350. The fourth-order valence-electron chi connectivity index (χ4n) is 4.88. The molecule has 2 aliphatic rings. The number of ether oxygens (including phenoxy) is 1. The molecule has 0 spiro atoms. The van der Waals surface area contributed by atoms with Crippen LogP contribution in [0.1, 0.15) is 28.4 Å². The molecule has 2 aliphatic heterocycles. The van der Waals surface area contributed by atoms with Crippen LogP contribution in [0.2, 0.25) is 0 Å². The molecular weight excluding hydrogens is 440 g/mol. The number of hydrogen-bond donors (Lipinski definition) is 0. The zero-order valence-electron chi connectivity index (χ0n) is 19.5. The van der Waals surface area contributed by atoms with Crippen molar-refractivity contribution in [1.82, 2.24) is 30.0 Å². The van der Waals surface area contributed by atoms with Gasteiger partial charge in [0.15, 0.2) is 5.82 Å². The Morgan fingerprint density at radius 2 is 1.51 bits per heavy atom. The van der Waals surface area contributed by atoms with Gasteiger partial charge in [0.2, 0.25) is 5.91 Å². The van der Waals surface area contributed by atoms with Crippen LogP contribution >= 0.6 is 0 Å². The van der Waals surface area contributed by atoms with E-state index in [-0.39, 0.29) is 11.8 Å². The standard InChI is InChI=1S/C27H26N6O2/c1-19-10-12-20(13-11-19)33-25(28-29-30-33)18-31-14-16-32(17-15-31)27(34)26-21-6-2-4-8-23(21)35-24-9-5-3-7-22(24)26/h2-13,26H,14-18H2,1H3. The molecule has 8 heteroatoms. The average molecular weight is 467 g/mol. The first-order valence-electron chi connectivity index (χ1n) is 11.9. The van der Waals surface area contributed by atoms with Crippen molar-refractivity contribution in [3.8, 4) is 17.2 Å². The summed E-state index contributed by atoms with van der Waals surface area (Å²) in [7, 11) is 0. The summed E-state index contributed by atoms with van der Waals surface area (Å²) in [6.45, 7) is 5.53. The third kappa shape index (κ3) is 4.06. The van der Waals surface area contributed by atoms with Gasteiger partial charge in [-0.15, -0.1) is 5.10 Å². The maximum atomic E-state index is 13.8. The van der Waals surface area contributed by atoms with Crippen molar-refractivity contribution in [2.75, 3.05) is 26.2 Å². The van der Waals surface area contributed by atoms with Gasteiger partial charge in [0, 0.05) is 37.3 Å². The van der Waals surface area contributed by atoms with Crippen LogP contribution in [0, 0.1) is 6.92 Å². The van der Waals surface area contributed by atoms with E-state index in [1.165, 1.54) is 5.56 Å². The first kappa shape index (κ1) is 21.5. The second kappa shape index (κ2) is 8.96. The van der Waals surface area contributed by atoms with E-state index in [0.29, 0.717) is 19.6 Å². The van der Waals surface area contributed by atoms with E-state index >= 15 is 0 Å². The van der Waals surface area contributed by atoms with Crippen LogP contribution in [0.15, 0.2) is 72.8 Å². The topological polar surface area (TPSA) is 76.4 Å². The lowest BCUT2D eigenvalue weighted by molar-refractivity contribution is -0.133. The third-order valence-electron chi connectivity index (χ3n) is 6.79. The summed E-state index contributed by atoms with van der Waals surface area (Å²) in [6.07, 6.45) is 0. The van der Waals surface area contributed by atoms with Crippen molar-refractivity contribution in [2.45, 2.75) is 19.4 Å². The number of nitrogens with zero attached hydrogens (tertiary/aromatic N) is 6. The van der Waals surface area contributed by atoms with Gasteiger partial charge < -0.3 is 9.64 Å². The minimum Gasteiger partial charge on any atom is -0.457 e. The summed E-state index contributed by atoms with van der Waals surface area (Å²) < 4.78 is 7.86. The number of hydrogen-bond acceptors (Lipinski definition) is 6. The highest BCUT2D eigenvalue weighted by Crippen LogP contribution is 2.44. The average Bonchev–Trinajstić information content (AvgIpc) is 3.36. The van der Waals surface area contributed by atoms with E-state index < -0.39 is 0 Å². The SMILES string of the molecule is Cc1ccc(-n2nnnc2CN2CCN(C(=O)C3c4ccccc4Oc4ccccc43)CC2)cc1. The molecule has 4 aromatic rings. The van der Waals surface area contributed by atoms with Crippen molar-refractivity contribution in [1.29, 1.82) is 0 Å². The normalized spacial score (nSPS) is 15.9. The molecule has 1 aromatic heterocycles. The van der Waals surface area contributed by atoms with Gasteiger partial charge in [-0.05, 0) is 41.6 Å². The molecule has 0 atom stereocenters. The Labute approximate surface area is 203 Å². The van der Waals surface area contributed by atoms with Crippen molar-refractivity contribution in [3.63, 3.8) is 0 Å². The highest BCUT2D eigenvalue weighted by atomic mass is 16.5. The van der Waals surface area contributed by atoms with E-state index in [1.54, 1.807) is 4.68 Å². The van der Waals surface area contributed by atoms with Gasteiger partial charge in [0.1, 0.15) is 11.5 Å². The van der Waals surface area contributed by atoms with Crippen LogP contribution in [0.25, 0.3) is 5.69 Å². The number of fused-ring (bicyclic) bond motifs is 2. The van der Waals surface area contributed by atoms with Crippen molar-refractivity contribution < 1.29 is 9.53 Å². The van der Waals surface area contributed by atoms with Crippen molar-refractivity contribution in [3.05, 3.63) is 95.3 Å². The molecule has 35 heavy (non-hydrogen) atoms. The molecular formula is C27H26N6O2. The first-order chi connectivity index (χ1) is 17.2. The zero-order chi connectivity index (χ0) is 23.8. The second-order valence-electron chi connectivity index (χ2n) is 9.05. The molecule has 0 radical (unpaired) electrons. The summed E-state index contributed by atoms with van der Waals surface area (Å²) in [5.74, 6) is 2.08. The number of aromatic nitrogens is 4. The third-order valence-corrected chi connectivity index (χ3v) is 6.79. The molecule has 176 valence electrons. The number of benzene rings is 3. The van der Waals surface area contributed by atoms with Crippen molar-refractivity contribution >= 4 is 5.91 Å². The summed E-state index contributed by atoms with van der Waals surface area (Å²) in [6, 6.07) is 23.8. The Balaban J connectivity index is 1.16. The number of para-hydroxylation sites is 2. The molecule has 0 aliphatic carbocycles. The fourth-order valence-corrected chi connectivity index (χ4v) is 4.88. The van der Waals surface area contributed by atoms with Crippen molar-refractivity contribution in [2.24, 2.45) is 0 Å². The predicted octanol–water partition coefficient (Wildman–Crippen LogP) is 3.55. The lowest BCUT2D eigenvalue weighted by Crippen LogP contribution is -2.50. The van der Waals surface area contributed by atoms with Gasteiger partial charge in [0.25, 0.3) is 0 Å². The van der Waals surface area contributed by atoms with Gasteiger partial charge in [0.05, 0.1) is 18.2 Å². The zero-order valence-corrected chi connectivity index (χ0v) is 19.5. The van der Waals surface area contributed by atoms with Gasteiger partial charge in [-0.1, -0.05) is 54.1 Å². The number of rotatable bonds is 4. The van der Waals surface area contributed by atoms with Gasteiger partial charge in [-0.2, -0.15) is 4.68 Å². The van der Waals surface area contributed by atoms with Gasteiger partial charge in [-0.25, -0.2) is 0 Å². The predicted molar refractivity (Wildman–Crippen MR) is 131 cm³/mol. The molecule has 6 rings (SSSR count). The number of amides is 1. The largest absolute Gasteiger partial charge is 0.457 e. The Kier molecular flexibility index (Phi) is 5.50. The molecule has 0 unspecified atom stereocenters. The number of carbonyl (C=O) groups is 1. The first-order valence-corrected chi connectivity index (χ1v) is 11.9. The number of tetrazole rings is 1. The van der Waals surface area contributed by atoms with Crippen LogP contribution in [0.4, 0.5) is 0 Å². The number of carbonyl (C=O) groups excluding carboxylic acids is 1. The molecule has 1 amide bonds. The van der Waals surface area contributed by atoms with Crippen LogP contribution in [0.3, 0.4) is 0 Å². The number of aryl methyl sites for hydroxylation is 1. The second-order valence-corrected chi connectivity index (χ2v) is 9.05. The minimum absolute atomic E-state index is 0.123. The van der Waals surface area contributed by atoms with E-state index in [9.17, 15) is 4.79 Å². The van der Waals surface area contributed by atoms with Crippen LogP contribution in [-0.2, 0) is 11.3 Å². The molecule has 0 bridgehead atoms. The molecule has 1 saturated heterocycles. The van der Waals surface area contributed by atoms with E-state index in [2.05, 4.69) is 39.5 Å². The molecule has 3 aromatic carbocycles. The monoisotopic (exact) mass is 466 g/mol.